The van der Waals surface area contributed by atoms with Crippen molar-refractivity contribution in [2.75, 3.05) is 20.1 Å². The van der Waals surface area contributed by atoms with Gasteiger partial charge in [-0.1, -0.05) is 18.0 Å². The third kappa shape index (κ3) is 4.43. The van der Waals surface area contributed by atoms with Crippen LogP contribution in [0.2, 0.25) is 0 Å². The van der Waals surface area contributed by atoms with E-state index in [1.807, 2.05) is 0 Å². The van der Waals surface area contributed by atoms with E-state index in [2.05, 4.69) is 30.7 Å². The Balaban J connectivity index is 1.41. The molecule has 2 aliphatic rings. The maximum Gasteiger partial charge on any atom is 0.223 e. The van der Waals surface area contributed by atoms with E-state index in [-0.39, 0.29) is 0 Å². The number of nitrogens with one attached hydrogen (secondary N) is 2. The van der Waals surface area contributed by atoms with Gasteiger partial charge in [0.2, 0.25) is 5.89 Å². The fraction of sp³-hybridized carbons (Fsp3) is 0.812. The molecule has 0 atom stereocenters. The van der Waals surface area contributed by atoms with Crippen molar-refractivity contribution in [2.24, 2.45) is 4.99 Å². The average molecular weight is 320 g/mol. The van der Waals surface area contributed by atoms with Crippen molar-refractivity contribution >= 4 is 5.96 Å². The Morgan fingerprint density at radius 1 is 1.26 bits per heavy atom. The number of hydrogen-bond acceptors (Lipinski definition) is 5. The smallest absolute Gasteiger partial charge is 0.223 e. The SMILES string of the molecule is CN=C(NCc1noc(C)n1)NC1CCN(C2CCCC2)CC1. The van der Waals surface area contributed by atoms with Gasteiger partial charge in [-0.05, 0) is 25.7 Å². The van der Waals surface area contributed by atoms with Crippen LogP contribution in [0.3, 0.4) is 0 Å². The Kier molecular flexibility index (Phi) is 5.48. The second-order valence-corrected chi connectivity index (χ2v) is 6.55. The van der Waals surface area contributed by atoms with E-state index in [9.17, 15) is 0 Å². The molecule has 1 saturated carbocycles. The number of aryl methyl sites for hydroxylation is 1. The molecule has 1 saturated heterocycles. The molecule has 0 radical (unpaired) electrons. The molecule has 2 N–H and O–H groups in total. The Labute approximate surface area is 137 Å². The van der Waals surface area contributed by atoms with E-state index in [0.29, 0.717) is 24.3 Å². The third-order valence-corrected chi connectivity index (χ3v) is 4.92. The van der Waals surface area contributed by atoms with E-state index in [1.54, 1.807) is 14.0 Å². The van der Waals surface area contributed by atoms with Crippen LogP contribution in [-0.2, 0) is 6.54 Å². The fourth-order valence-corrected chi connectivity index (χ4v) is 3.64. The highest BCUT2D eigenvalue weighted by atomic mass is 16.5. The number of hydrogen-bond donors (Lipinski definition) is 2. The molecule has 7 nitrogen and oxygen atoms in total. The van der Waals surface area contributed by atoms with Gasteiger partial charge in [0.05, 0.1) is 6.54 Å². The lowest BCUT2D eigenvalue weighted by atomic mass is 10.0. The average Bonchev–Trinajstić information content (AvgIpc) is 3.24. The van der Waals surface area contributed by atoms with Gasteiger partial charge in [0, 0.05) is 39.1 Å². The standard InChI is InChI=1S/C16H28N6O/c1-12-19-15(21-23-12)11-18-16(17-2)20-13-7-9-22(10-8-13)14-5-3-4-6-14/h13-14H,3-11H2,1-2H3,(H2,17,18,20). The molecular formula is C16H28N6O. The van der Waals surface area contributed by atoms with Crippen LogP contribution in [0, 0.1) is 6.92 Å². The summed E-state index contributed by atoms with van der Waals surface area (Å²) in [7, 11) is 1.80. The minimum absolute atomic E-state index is 0.492. The largest absolute Gasteiger partial charge is 0.354 e. The number of aromatic nitrogens is 2. The molecule has 2 fully saturated rings. The highest BCUT2D eigenvalue weighted by molar-refractivity contribution is 5.79. The van der Waals surface area contributed by atoms with E-state index in [0.717, 1.165) is 12.0 Å². The van der Waals surface area contributed by atoms with Crippen molar-refractivity contribution < 1.29 is 4.52 Å². The van der Waals surface area contributed by atoms with Gasteiger partial charge in [0.1, 0.15) is 0 Å². The van der Waals surface area contributed by atoms with Crippen molar-refractivity contribution in [3.63, 3.8) is 0 Å². The van der Waals surface area contributed by atoms with Gasteiger partial charge in [0.15, 0.2) is 11.8 Å². The van der Waals surface area contributed by atoms with Gasteiger partial charge in [-0.25, -0.2) is 0 Å². The molecule has 1 aromatic rings. The third-order valence-electron chi connectivity index (χ3n) is 4.92. The van der Waals surface area contributed by atoms with Crippen molar-refractivity contribution in [1.29, 1.82) is 0 Å². The normalized spacial score (nSPS) is 21.7. The fourth-order valence-electron chi connectivity index (χ4n) is 3.64. The summed E-state index contributed by atoms with van der Waals surface area (Å²) in [5, 5.41) is 10.7. The van der Waals surface area contributed by atoms with Gasteiger partial charge in [-0.3, -0.25) is 4.99 Å². The molecule has 1 aromatic heterocycles. The predicted octanol–water partition coefficient (Wildman–Crippen LogP) is 1.45. The van der Waals surface area contributed by atoms with E-state index < -0.39 is 0 Å². The number of rotatable bonds is 4. The number of nitrogens with zero attached hydrogens (tertiary/aromatic N) is 4. The minimum atomic E-state index is 0.492. The monoisotopic (exact) mass is 320 g/mol. The number of aliphatic imine (C=N–C) groups is 1. The second-order valence-electron chi connectivity index (χ2n) is 6.55. The van der Waals surface area contributed by atoms with Crippen LogP contribution in [0.5, 0.6) is 0 Å². The molecule has 128 valence electrons. The first-order valence-electron chi connectivity index (χ1n) is 8.75. The molecule has 7 heteroatoms. The summed E-state index contributed by atoms with van der Waals surface area (Å²) in [5.74, 6) is 2.05. The highest BCUT2D eigenvalue weighted by Gasteiger charge is 2.27. The van der Waals surface area contributed by atoms with Crippen LogP contribution in [0.25, 0.3) is 0 Å². The minimum Gasteiger partial charge on any atom is -0.354 e. The number of likely N-dealkylation sites (tertiary alicyclic amines) is 1. The van der Waals surface area contributed by atoms with Crippen LogP contribution >= 0.6 is 0 Å². The summed E-state index contributed by atoms with van der Waals surface area (Å²) in [6.07, 6.45) is 7.97. The highest BCUT2D eigenvalue weighted by Crippen LogP contribution is 2.26. The second kappa shape index (κ2) is 7.77. The molecule has 2 heterocycles. The van der Waals surface area contributed by atoms with Crippen LogP contribution in [0.1, 0.15) is 50.2 Å². The summed E-state index contributed by atoms with van der Waals surface area (Å²) in [4.78, 5) is 11.2. The maximum atomic E-state index is 4.97. The molecule has 0 amide bonds. The summed E-state index contributed by atoms with van der Waals surface area (Å²) in [6, 6.07) is 1.33. The number of guanidine groups is 1. The zero-order chi connectivity index (χ0) is 16.1. The van der Waals surface area contributed by atoms with Gasteiger partial charge in [-0.2, -0.15) is 4.98 Å². The molecule has 1 aliphatic carbocycles. The van der Waals surface area contributed by atoms with Crippen LogP contribution < -0.4 is 10.6 Å². The summed E-state index contributed by atoms with van der Waals surface area (Å²) >= 11 is 0. The Hall–Kier alpha value is -1.63. The predicted molar refractivity (Wildman–Crippen MR) is 89.2 cm³/mol. The van der Waals surface area contributed by atoms with Gasteiger partial charge in [-0.15, -0.1) is 0 Å². The number of piperidine rings is 1. The van der Waals surface area contributed by atoms with E-state index in [1.165, 1.54) is 51.6 Å². The maximum absolute atomic E-state index is 4.97. The lowest BCUT2D eigenvalue weighted by Gasteiger charge is -2.36. The van der Waals surface area contributed by atoms with E-state index in [4.69, 9.17) is 4.52 Å². The van der Waals surface area contributed by atoms with Crippen LogP contribution in [0.15, 0.2) is 9.52 Å². The lowest BCUT2D eigenvalue weighted by molar-refractivity contribution is 0.150. The molecule has 0 unspecified atom stereocenters. The van der Waals surface area contributed by atoms with Gasteiger partial charge >= 0.3 is 0 Å². The molecule has 1 aliphatic heterocycles. The Morgan fingerprint density at radius 2 is 2.00 bits per heavy atom. The zero-order valence-electron chi connectivity index (χ0n) is 14.2. The van der Waals surface area contributed by atoms with Gasteiger partial charge < -0.3 is 20.1 Å². The molecule has 0 spiro atoms. The van der Waals surface area contributed by atoms with Crippen LogP contribution in [0.4, 0.5) is 0 Å². The first kappa shape index (κ1) is 16.2. The Bertz CT molecular complexity index is 514. The van der Waals surface area contributed by atoms with Gasteiger partial charge in [0.25, 0.3) is 0 Å². The van der Waals surface area contributed by atoms with Crippen molar-refractivity contribution in [3.8, 4) is 0 Å². The van der Waals surface area contributed by atoms with Crippen molar-refractivity contribution in [1.82, 2.24) is 25.7 Å². The molecule has 3 rings (SSSR count). The molecule has 0 bridgehead atoms. The van der Waals surface area contributed by atoms with Crippen LogP contribution in [-0.4, -0.2) is 53.2 Å². The quantitative estimate of drug-likeness (QED) is 0.646. The molecular weight excluding hydrogens is 292 g/mol. The summed E-state index contributed by atoms with van der Waals surface area (Å²) in [5.41, 5.74) is 0. The topological polar surface area (TPSA) is 78.6 Å². The first-order valence-corrected chi connectivity index (χ1v) is 8.75. The molecule has 23 heavy (non-hydrogen) atoms. The Morgan fingerprint density at radius 3 is 2.61 bits per heavy atom. The van der Waals surface area contributed by atoms with Crippen molar-refractivity contribution in [2.45, 2.75) is 64.1 Å². The zero-order valence-corrected chi connectivity index (χ0v) is 14.2. The molecule has 0 aromatic carbocycles. The van der Waals surface area contributed by atoms with Crippen molar-refractivity contribution in [3.05, 3.63) is 11.7 Å². The summed E-state index contributed by atoms with van der Waals surface area (Å²) in [6.45, 7) is 4.71. The lowest BCUT2D eigenvalue weighted by Crippen LogP contribution is -2.50. The van der Waals surface area contributed by atoms with E-state index >= 15 is 0 Å². The summed E-state index contributed by atoms with van der Waals surface area (Å²) < 4.78 is 4.97. The first-order chi connectivity index (χ1) is 11.2.